The second-order valence-corrected chi connectivity index (χ2v) is 3.25. The maximum Gasteiger partial charge on any atom is 0.139 e. The van der Waals surface area contributed by atoms with Crippen LogP contribution in [0, 0.1) is 11.8 Å². The summed E-state index contributed by atoms with van der Waals surface area (Å²) in [6, 6.07) is 0. The molecule has 1 rings (SSSR count). The Bertz CT molecular complexity index is 325. The van der Waals surface area contributed by atoms with Crippen LogP contribution in [0.1, 0.15) is 6.42 Å². The highest BCUT2D eigenvalue weighted by Gasteiger charge is 2.05. The molecule has 0 aliphatic heterocycles. The number of ether oxygens (including phenoxy) is 2. The highest BCUT2D eigenvalue weighted by atomic mass is 19.1. The summed E-state index contributed by atoms with van der Waals surface area (Å²) in [6.07, 6.45) is 4.04. The number of alkyl halides is 1. The van der Waals surface area contributed by atoms with E-state index in [2.05, 4.69) is 11.8 Å². The van der Waals surface area contributed by atoms with Crippen LogP contribution in [0.15, 0.2) is 23.4 Å². The SMILES string of the molecule is B/C1=C/C(OCCF)=C\C(OC)C#CC1. The first-order chi connectivity index (χ1) is 7.26. The molecule has 0 saturated heterocycles. The van der Waals surface area contributed by atoms with E-state index in [9.17, 15) is 4.39 Å². The average Bonchev–Trinajstić information content (AvgIpc) is 2.20. The number of hydrogen-bond acceptors (Lipinski definition) is 2. The number of halogens is 1. The van der Waals surface area contributed by atoms with Crippen LogP contribution in [0.5, 0.6) is 0 Å². The molecule has 1 atom stereocenters. The Morgan fingerprint density at radius 2 is 2.47 bits per heavy atom. The molecule has 4 heteroatoms. The first-order valence-corrected chi connectivity index (χ1v) is 4.85. The molecule has 0 N–H and O–H groups in total. The van der Waals surface area contributed by atoms with Crippen molar-refractivity contribution in [3.05, 3.63) is 23.4 Å². The van der Waals surface area contributed by atoms with Gasteiger partial charge in [0.05, 0.1) is 0 Å². The van der Waals surface area contributed by atoms with Gasteiger partial charge in [0.2, 0.25) is 0 Å². The van der Waals surface area contributed by atoms with Crippen molar-refractivity contribution in [2.45, 2.75) is 12.5 Å². The fourth-order valence-corrected chi connectivity index (χ4v) is 1.20. The smallest absolute Gasteiger partial charge is 0.139 e. The third-order valence-electron chi connectivity index (χ3n) is 1.92. The summed E-state index contributed by atoms with van der Waals surface area (Å²) in [4.78, 5) is 0. The van der Waals surface area contributed by atoms with E-state index in [1.54, 1.807) is 13.2 Å². The van der Waals surface area contributed by atoms with Gasteiger partial charge in [-0.2, -0.15) is 0 Å². The Kier molecular flexibility index (Phi) is 4.99. The van der Waals surface area contributed by atoms with Gasteiger partial charge in [0.1, 0.15) is 33.0 Å². The van der Waals surface area contributed by atoms with E-state index >= 15 is 0 Å². The van der Waals surface area contributed by atoms with Crippen LogP contribution in [-0.4, -0.2) is 34.3 Å². The molecule has 80 valence electrons. The number of allylic oxidation sites excluding steroid dienone is 2. The molecule has 0 heterocycles. The van der Waals surface area contributed by atoms with Crippen LogP contribution in [0.25, 0.3) is 0 Å². The maximum atomic E-state index is 12.0. The highest BCUT2D eigenvalue weighted by molar-refractivity contribution is 6.22. The molecule has 0 fully saturated rings. The molecule has 0 radical (unpaired) electrons. The van der Waals surface area contributed by atoms with Gasteiger partial charge in [0, 0.05) is 13.5 Å². The molecule has 0 aromatic heterocycles. The van der Waals surface area contributed by atoms with Crippen molar-refractivity contribution in [2.24, 2.45) is 0 Å². The average molecular weight is 208 g/mol. The quantitative estimate of drug-likeness (QED) is 0.502. The largest absolute Gasteiger partial charge is 0.491 e. The fourth-order valence-electron chi connectivity index (χ4n) is 1.20. The third kappa shape index (κ3) is 4.22. The van der Waals surface area contributed by atoms with Crippen LogP contribution in [-0.2, 0) is 9.47 Å². The Morgan fingerprint density at radius 1 is 1.67 bits per heavy atom. The van der Waals surface area contributed by atoms with Gasteiger partial charge in [-0.1, -0.05) is 17.3 Å². The van der Waals surface area contributed by atoms with Crippen molar-refractivity contribution in [3.8, 4) is 11.8 Å². The number of rotatable bonds is 4. The van der Waals surface area contributed by atoms with Gasteiger partial charge < -0.3 is 9.47 Å². The fraction of sp³-hybridized carbons (Fsp3) is 0.455. The second kappa shape index (κ2) is 6.31. The molecule has 0 aromatic rings. The van der Waals surface area contributed by atoms with Crippen molar-refractivity contribution in [3.63, 3.8) is 0 Å². The molecule has 0 spiro atoms. The summed E-state index contributed by atoms with van der Waals surface area (Å²) >= 11 is 0. The topological polar surface area (TPSA) is 18.5 Å². The Balaban J connectivity index is 2.78. The monoisotopic (exact) mass is 208 g/mol. The molecule has 2 nitrogen and oxygen atoms in total. The van der Waals surface area contributed by atoms with E-state index in [0.29, 0.717) is 12.2 Å². The molecular weight excluding hydrogens is 194 g/mol. The Hall–Kier alpha value is -1.21. The Labute approximate surface area is 90.5 Å². The zero-order valence-corrected chi connectivity index (χ0v) is 9.05. The van der Waals surface area contributed by atoms with Crippen LogP contribution < -0.4 is 0 Å². The van der Waals surface area contributed by atoms with E-state index in [1.165, 1.54) is 0 Å². The molecular formula is C11H14BFO2. The van der Waals surface area contributed by atoms with E-state index in [1.807, 2.05) is 13.9 Å². The van der Waals surface area contributed by atoms with Crippen molar-refractivity contribution in [2.75, 3.05) is 20.4 Å². The summed E-state index contributed by atoms with van der Waals surface area (Å²) in [6.45, 7) is -0.424. The summed E-state index contributed by atoms with van der Waals surface area (Å²) in [5, 5.41) is 0. The minimum Gasteiger partial charge on any atom is -0.491 e. The molecule has 1 unspecified atom stereocenters. The van der Waals surface area contributed by atoms with Crippen molar-refractivity contribution >= 4 is 7.85 Å². The molecule has 0 bridgehead atoms. The summed E-state index contributed by atoms with van der Waals surface area (Å²) in [5.74, 6) is 6.57. The lowest BCUT2D eigenvalue weighted by atomic mass is 9.91. The molecule has 0 amide bonds. The lowest BCUT2D eigenvalue weighted by molar-refractivity contribution is 0.166. The van der Waals surface area contributed by atoms with Gasteiger partial charge in [0.15, 0.2) is 0 Å². The molecule has 0 saturated carbocycles. The first kappa shape index (κ1) is 11.9. The molecule has 1 aliphatic rings. The van der Waals surface area contributed by atoms with Crippen LogP contribution >= 0.6 is 0 Å². The zero-order valence-electron chi connectivity index (χ0n) is 9.05. The van der Waals surface area contributed by atoms with Gasteiger partial charge in [-0.3, -0.25) is 0 Å². The summed E-state index contributed by atoms with van der Waals surface area (Å²) in [5.41, 5.74) is 1.10. The van der Waals surface area contributed by atoms with E-state index in [0.717, 1.165) is 5.47 Å². The van der Waals surface area contributed by atoms with Crippen LogP contribution in [0.4, 0.5) is 4.39 Å². The minimum absolute atomic E-state index is 0.0689. The van der Waals surface area contributed by atoms with Crippen LogP contribution in [0.3, 0.4) is 0 Å². The zero-order chi connectivity index (χ0) is 11.1. The number of methoxy groups -OCH3 is 1. The molecule has 0 aromatic carbocycles. The van der Waals surface area contributed by atoms with Gasteiger partial charge >= 0.3 is 0 Å². The summed E-state index contributed by atoms with van der Waals surface area (Å²) < 4.78 is 22.3. The first-order valence-electron chi connectivity index (χ1n) is 4.85. The van der Waals surface area contributed by atoms with Crippen molar-refractivity contribution in [1.29, 1.82) is 0 Å². The lowest BCUT2D eigenvalue weighted by Crippen LogP contribution is -2.08. The Morgan fingerprint density at radius 3 is 3.13 bits per heavy atom. The van der Waals surface area contributed by atoms with E-state index in [4.69, 9.17) is 9.47 Å². The van der Waals surface area contributed by atoms with Gasteiger partial charge in [-0.25, -0.2) is 4.39 Å². The van der Waals surface area contributed by atoms with Gasteiger partial charge in [-0.05, 0) is 12.2 Å². The second-order valence-electron chi connectivity index (χ2n) is 3.25. The molecule has 1 aliphatic carbocycles. The van der Waals surface area contributed by atoms with Crippen molar-refractivity contribution in [1.82, 2.24) is 0 Å². The van der Waals surface area contributed by atoms with Crippen molar-refractivity contribution < 1.29 is 13.9 Å². The highest BCUT2D eigenvalue weighted by Crippen LogP contribution is 2.10. The minimum atomic E-state index is -0.493. The standard InChI is InChI=1S/C11H14BFO2/c1-14-10-4-2-3-9(12)7-11(8-10)15-6-5-13/h7-8,10H,3,5-6,12H2,1H3/b9-7+,11-8+. The summed E-state index contributed by atoms with van der Waals surface area (Å²) in [7, 11) is 3.55. The predicted octanol–water partition coefficient (Wildman–Crippen LogP) is 0.795. The maximum absolute atomic E-state index is 12.0. The van der Waals surface area contributed by atoms with Gasteiger partial charge in [-0.15, -0.1) is 0 Å². The lowest BCUT2D eigenvalue weighted by Gasteiger charge is -2.11. The molecule has 15 heavy (non-hydrogen) atoms. The third-order valence-corrected chi connectivity index (χ3v) is 1.92. The van der Waals surface area contributed by atoms with Crippen LogP contribution in [0.2, 0.25) is 0 Å². The predicted molar refractivity (Wildman–Crippen MR) is 59.8 cm³/mol. The van der Waals surface area contributed by atoms with E-state index in [-0.39, 0.29) is 12.7 Å². The normalized spacial score (nSPS) is 27.2. The van der Waals surface area contributed by atoms with Gasteiger partial charge in [0.25, 0.3) is 0 Å². The number of hydrogen-bond donors (Lipinski definition) is 0. The van der Waals surface area contributed by atoms with E-state index < -0.39 is 6.67 Å².